The number of rotatable bonds is 11. The van der Waals surface area contributed by atoms with Crippen LogP contribution in [0.1, 0.15) is 50.6 Å². The van der Waals surface area contributed by atoms with E-state index in [-0.39, 0.29) is 43.1 Å². The van der Waals surface area contributed by atoms with Crippen molar-refractivity contribution in [3.05, 3.63) is 88.1 Å². The van der Waals surface area contributed by atoms with Gasteiger partial charge in [0.25, 0.3) is 18.2 Å². The first-order chi connectivity index (χ1) is 21.9. The number of amides is 3. The molecule has 1 aliphatic rings. The zero-order chi connectivity index (χ0) is 33.4. The number of pyridine rings is 2. The highest BCUT2D eigenvalue weighted by molar-refractivity contribution is 7.98. The molecular formula is C31H32ClF2N5O6S. The van der Waals surface area contributed by atoms with Crippen molar-refractivity contribution >= 4 is 41.5 Å². The Morgan fingerprint density at radius 1 is 1.15 bits per heavy atom. The van der Waals surface area contributed by atoms with Crippen molar-refractivity contribution in [3.63, 3.8) is 0 Å². The number of nitrogens with zero attached hydrogens (tertiary/aromatic N) is 3. The molecule has 4 rings (SSSR count). The molecule has 0 fully saturated rings. The number of benzene rings is 1. The van der Waals surface area contributed by atoms with E-state index < -0.39 is 29.9 Å². The summed E-state index contributed by atoms with van der Waals surface area (Å²) in [5, 5.41) is 3.48. The summed E-state index contributed by atoms with van der Waals surface area (Å²) in [5.41, 5.74) is -0.315. The van der Waals surface area contributed by atoms with Gasteiger partial charge in [0.15, 0.2) is 5.75 Å². The van der Waals surface area contributed by atoms with Crippen molar-refractivity contribution in [2.24, 2.45) is 0 Å². The number of methoxy groups -OCH3 is 1. The molecule has 2 N–H and O–H groups in total. The summed E-state index contributed by atoms with van der Waals surface area (Å²) in [4.78, 5) is 49.4. The van der Waals surface area contributed by atoms with E-state index in [4.69, 9.17) is 25.8 Å². The quantitative estimate of drug-likeness (QED) is 0.185. The first-order valence-electron chi connectivity index (χ1n) is 14.0. The van der Waals surface area contributed by atoms with Gasteiger partial charge in [-0.25, -0.2) is 23.5 Å². The van der Waals surface area contributed by atoms with Crippen LogP contribution in [0.2, 0.25) is 5.02 Å². The van der Waals surface area contributed by atoms with E-state index >= 15 is 0 Å². The molecule has 1 aliphatic heterocycles. The first-order valence-corrected chi connectivity index (χ1v) is 15.2. The molecule has 0 aliphatic carbocycles. The lowest BCUT2D eigenvalue weighted by atomic mass is 10.0. The number of imide groups is 1. The van der Waals surface area contributed by atoms with E-state index in [9.17, 15) is 23.2 Å². The minimum absolute atomic E-state index is 0.0338. The van der Waals surface area contributed by atoms with Gasteiger partial charge in [0.2, 0.25) is 0 Å². The van der Waals surface area contributed by atoms with E-state index in [2.05, 4.69) is 20.0 Å². The third-order valence-electron chi connectivity index (χ3n) is 6.37. The molecule has 15 heteroatoms. The molecule has 0 unspecified atom stereocenters. The highest BCUT2D eigenvalue weighted by Gasteiger charge is 2.37. The van der Waals surface area contributed by atoms with Crippen LogP contribution in [0.5, 0.6) is 11.5 Å². The van der Waals surface area contributed by atoms with Gasteiger partial charge in [0.05, 0.1) is 28.9 Å². The second kappa shape index (κ2) is 15.2. The van der Waals surface area contributed by atoms with Gasteiger partial charge < -0.3 is 19.5 Å². The lowest BCUT2D eigenvalue weighted by Crippen LogP contribution is -2.48. The minimum Gasteiger partial charge on any atom is -0.494 e. The number of halogens is 3. The number of ether oxygens (including phenoxy) is 3. The predicted molar refractivity (Wildman–Crippen MR) is 166 cm³/mol. The molecule has 0 bridgehead atoms. The fourth-order valence-electron chi connectivity index (χ4n) is 4.27. The molecule has 3 amide bonds. The Hall–Kier alpha value is -4.43. The Morgan fingerprint density at radius 3 is 2.63 bits per heavy atom. The smallest absolute Gasteiger partial charge is 0.417 e. The van der Waals surface area contributed by atoms with Gasteiger partial charge in [-0.3, -0.25) is 19.3 Å². The van der Waals surface area contributed by atoms with E-state index in [1.54, 1.807) is 51.1 Å². The average molecular weight is 676 g/mol. The zero-order valence-electron chi connectivity index (χ0n) is 25.4. The van der Waals surface area contributed by atoms with Gasteiger partial charge >= 0.3 is 6.09 Å². The number of nitrogens with one attached hydrogen (secondary N) is 2. The molecule has 2 aromatic heterocycles. The molecule has 1 aromatic carbocycles. The summed E-state index contributed by atoms with van der Waals surface area (Å²) in [6.07, 6.45) is -0.466. The number of hydrogen-bond donors (Lipinski definition) is 2. The second-order valence-corrected chi connectivity index (χ2v) is 12.1. The van der Waals surface area contributed by atoms with Crippen LogP contribution in [0.4, 0.5) is 13.6 Å². The van der Waals surface area contributed by atoms with Crippen molar-refractivity contribution in [1.29, 1.82) is 0 Å². The lowest BCUT2D eigenvalue weighted by molar-refractivity contribution is -0.130. The lowest BCUT2D eigenvalue weighted by Gasteiger charge is -2.31. The third kappa shape index (κ3) is 8.85. The van der Waals surface area contributed by atoms with Crippen LogP contribution in [0, 0.1) is 0 Å². The van der Waals surface area contributed by atoms with E-state index in [0.29, 0.717) is 32.7 Å². The Bertz CT molecular complexity index is 1630. The maximum absolute atomic E-state index is 13.6. The first kappa shape index (κ1) is 34.4. The molecule has 46 heavy (non-hydrogen) atoms. The summed E-state index contributed by atoms with van der Waals surface area (Å²) in [6.45, 7) is 4.99. The number of para-hydroxylation sites is 1. The minimum atomic E-state index is -2.71. The monoisotopic (exact) mass is 675 g/mol. The Labute approximate surface area is 273 Å². The van der Waals surface area contributed by atoms with Crippen molar-refractivity contribution in [2.45, 2.75) is 57.3 Å². The van der Waals surface area contributed by atoms with Crippen molar-refractivity contribution in [3.8, 4) is 11.5 Å². The van der Waals surface area contributed by atoms with Crippen LogP contribution in [0.25, 0.3) is 0 Å². The Balaban J connectivity index is 1.56. The van der Waals surface area contributed by atoms with Gasteiger partial charge in [-0.05, 0) is 63.1 Å². The summed E-state index contributed by atoms with van der Waals surface area (Å²) < 4.78 is 45.4. The molecule has 0 saturated carbocycles. The van der Waals surface area contributed by atoms with Crippen molar-refractivity contribution < 1.29 is 37.4 Å². The van der Waals surface area contributed by atoms with Crippen LogP contribution < -0.4 is 19.5 Å². The Kier molecular flexibility index (Phi) is 11.4. The van der Waals surface area contributed by atoms with Gasteiger partial charge in [0, 0.05) is 37.0 Å². The molecule has 0 atom stereocenters. The maximum atomic E-state index is 13.6. The number of hydrogen-bond acceptors (Lipinski definition) is 10. The normalized spacial score (nSPS) is 13.5. The number of alkyl halides is 2. The number of aromatic nitrogens is 2. The fourth-order valence-corrected chi connectivity index (χ4v) is 5.32. The third-order valence-corrected chi connectivity index (χ3v) is 7.49. The van der Waals surface area contributed by atoms with E-state index in [0.717, 1.165) is 16.8 Å². The maximum Gasteiger partial charge on any atom is 0.417 e. The average Bonchev–Trinajstić information content (AvgIpc) is 3.01. The molecule has 11 nitrogen and oxygen atoms in total. The molecule has 0 saturated heterocycles. The molecule has 244 valence electrons. The van der Waals surface area contributed by atoms with Gasteiger partial charge in [0.1, 0.15) is 29.2 Å². The fraction of sp³-hybridized carbons (Fsp3) is 0.323. The van der Waals surface area contributed by atoms with Crippen molar-refractivity contribution in [1.82, 2.24) is 24.9 Å². The summed E-state index contributed by atoms with van der Waals surface area (Å²) in [7, 11) is 1.44. The molecular weight excluding hydrogens is 644 g/mol. The molecule has 0 radical (unpaired) electrons. The standard InChI is InChI=1S/C31H32ClF2N5O6S/c1-31(2,3)45-30(42)39-14-12-21(25(29(39)41)28(40)38-46-24-10-6-8-20(32)26(24)43-4)36-15-18-11-13-35-16-23(18)44-17-19-7-5-9-22(37-19)27(33)34/h5-11,13,16,27,36H,12,14-15,17H2,1-4H3,(H,38,40). The van der Waals surface area contributed by atoms with Crippen LogP contribution in [0.15, 0.2) is 71.0 Å². The van der Waals surface area contributed by atoms with Crippen LogP contribution in [-0.4, -0.2) is 52.0 Å². The largest absolute Gasteiger partial charge is 0.494 e. The SMILES string of the molecule is COc1c(Cl)cccc1SNC(=O)C1=C(NCc2ccncc2OCc2cccc(C(F)F)n2)CCN(C(=O)OC(C)(C)C)C1=O. The molecule has 3 aromatic rings. The highest BCUT2D eigenvalue weighted by atomic mass is 35.5. The van der Waals surface area contributed by atoms with Gasteiger partial charge in [-0.15, -0.1) is 0 Å². The van der Waals surface area contributed by atoms with Gasteiger partial charge in [-0.1, -0.05) is 23.7 Å². The summed E-state index contributed by atoms with van der Waals surface area (Å²) >= 11 is 7.10. The topological polar surface area (TPSA) is 132 Å². The van der Waals surface area contributed by atoms with Crippen LogP contribution in [0.3, 0.4) is 0 Å². The molecule has 0 spiro atoms. The van der Waals surface area contributed by atoms with Gasteiger partial charge in [-0.2, -0.15) is 0 Å². The number of carbonyl (C=O) groups excluding carboxylic acids is 3. The van der Waals surface area contributed by atoms with Crippen molar-refractivity contribution in [2.75, 3.05) is 13.7 Å². The van der Waals surface area contributed by atoms with Crippen LogP contribution >= 0.6 is 23.5 Å². The molecule has 3 heterocycles. The van der Waals surface area contributed by atoms with Crippen LogP contribution in [-0.2, 0) is 27.5 Å². The Morgan fingerprint density at radius 2 is 1.91 bits per heavy atom. The van der Waals surface area contributed by atoms with E-state index in [1.165, 1.54) is 31.6 Å². The second-order valence-electron chi connectivity index (χ2n) is 10.8. The van der Waals surface area contributed by atoms with E-state index in [1.807, 2.05) is 0 Å². The highest BCUT2D eigenvalue weighted by Crippen LogP contribution is 2.34. The summed E-state index contributed by atoms with van der Waals surface area (Å²) in [5.74, 6) is -0.917. The predicted octanol–water partition coefficient (Wildman–Crippen LogP) is 5.99. The zero-order valence-corrected chi connectivity index (χ0v) is 27.0. The summed E-state index contributed by atoms with van der Waals surface area (Å²) in [6, 6.07) is 10.9. The number of carbonyl (C=O) groups is 3.